The molecule has 0 radical (unpaired) electrons. The summed E-state index contributed by atoms with van der Waals surface area (Å²) in [5.74, 6) is -0.834. The van der Waals surface area contributed by atoms with Crippen LogP contribution in [0.1, 0.15) is 24.8 Å². The fraction of sp³-hybridized carbons (Fsp3) is 0.500. The molecule has 3 nitrogen and oxygen atoms in total. The SMILES string of the molecule is O=C(O)C1CCCCN1Cc1ccc(SC(F)(F)F)cc1. The monoisotopic (exact) mass is 319 g/mol. The number of benzene rings is 1. The fourth-order valence-corrected chi connectivity index (χ4v) is 3.03. The van der Waals surface area contributed by atoms with Crippen LogP contribution in [-0.4, -0.2) is 34.1 Å². The predicted molar refractivity (Wildman–Crippen MR) is 74.0 cm³/mol. The van der Waals surface area contributed by atoms with Crippen molar-refractivity contribution >= 4 is 17.7 Å². The number of alkyl halides is 3. The Bertz CT molecular complexity index is 490. The zero-order valence-electron chi connectivity index (χ0n) is 11.3. The number of carboxylic acids is 1. The summed E-state index contributed by atoms with van der Waals surface area (Å²) in [6, 6.07) is 5.60. The van der Waals surface area contributed by atoms with Crippen LogP contribution in [0.4, 0.5) is 13.2 Å². The molecule has 1 unspecified atom stereocenters. The average Bonchev–Trinajstić information content (AvgIpc) is 2.40. The second kappa shape index (κ2) is 6.70. The number of piperidine rings is 1. The van der Waals surface area contributed by atoms with Gasteiger partial charge in [0.15, 0.2) is 0 Å². The molecule has 0 aromatic heterocycles. The number of carbonyl (C=O) groups is 1. The Kier molecular flexibility index (Phi) is 5.16. The van der Waals surface area contributed by atoms with Crippen molar-refractivity contribution in [3.8, 4) is 0 Å². The molecule has 1 N–H and O–H groups in total. The molecule has 0 spiro atoms. The normalized spacial score (nSPS) is 20.4. The molecule has 1 fully saturated rings. The number of nitrogens with zero attached hydrogens (tertiary/aromatic N) is 1. The first kappa shape index (κ1) is 16.2. The highest BCUT2D eigenvalue weighted by atomic mass is 32.2. The van der Waals surface area contributed by atoms with Gasteiger partial charge in [0, 0.05) is 11.4 Å². The lowest BCUT2D eigenvalue weighted by atomic mass is 10.0. The highest BCUT2D eigenvalue weighted by Gasteiger charge is 2.30. The van der Waals surface area contributed by atoms with Gasteiger partial charge in [0.25, 0.3) is 0 Å². The molecule has 1 aliphatic heterocycles. The van der Waals surface area contributed by atoms with Crippen molar-refractivity contribution in [2.75, 3.05) is 6.54 Å². The summed E-state index contributed by atoms with van der Waals surface area (Å²) in [6.45, 7) is 1.16. The Labute approximate surface area is 125 Å². The van der Waals surface area contributed by atoms with Crippen LogP contribution in [0.25, 0.3) is 0 Å². The minimum atomic E-state index is -4.29. The molecule has 116 valence electrons. The van der Waals surface area contributed by atoms with Crippen LogP contribution in [0.3, 0.4) is 0 Å². The molecule has 1 aromatic carbocycles. The summed E-state index contributed by atoms with van der Waals surface area (Å²) in [5, 5.41) is 9.19. The summed E-state index contributed by atoms with van der Waals surface area (Å²) in [5.41, 5.74) is -3.46. The summed E-state index contributed by atoms with van der Waals surface area (Å²) in [7, 11) is 0. The van der Waals surface area contributed by atoms with Crippen LogP contribution in [0.15, 0.2) is 29.2 Å². The molecule has 0 aliphatic carbocycles. The number of likely N-dealkylation sites (tertiary alicyclic amines) is 1. The first-order valence-electron chi connectivity index (χ1n) is 6.67. The maximum absolute atomic E-state index is 12.2. The molecular formula is C14H16F3NO2S. The largest absolute Gasteiger partial charge is 0.480 e. The molecule has 1 aliphatic rings. The zero-order valence-corrected chi connectivity index (χ0v) is 12.1. The van der Waals surface area contributed by atoms with Crippen molar-refractivity contribution in [1.29, 1.82) is 0 Å². The predicted octanol–water partition coefficient (Wildman–Crippen LogP) is 3.74. The Morgan fingerprint density at radius 3 is 2.52 bits per heavy atom. The molecular weight excluding hydrogens is 303 g/mol. The van der Waals surface area contributed by atoms with E-state index < -0.39 is 17.5 Å². The summed E-state index contributed by atoms with van der Waals surface area (Å²) >= 11 is -0.147. The van der Waals surface area contributed by atoms with Gasteiger partial charge < -0.3 is 5.11 Å². The van der Waals surface area contributed by atoms with Gasteiger partial charge in [-0.25, -0.2) is 0 Å². The molecule has 0 bridgehead atoms. The van der Waals surface area contributed by atoms with Crippen molar-refractivity contribution in [1.82, 2.24) is 4.90 Å². The number of hydrogen-bond acceptors (Lipinski definition) is 3. The molecule has 1 atom stereocenters. The van der Waals surface area contributed by atoms with Crippen molar-refractivity contribution in [2.45, 2.75) is 42.3 Å². The van der Waals surface area contributed by atoms with E-state index in [4.69, 9.17) is 0 Å². The molecule has 21 heavy (non-hydrogen) atoms. The van der Waals surface area contributed by atoms with Crippen molar-refractivity contribution in [3.63, 3.8) is 0 Å². The van der Waals surface area contributed by atoms with E-state index in [0.29, 0.717) is 19.5 Å². The number of halogens is 3. The van der Waals surface area contributed by atoms with E-state index in [2.05, 4.69) is 0 Å². The molecule has 0 amide bonds. The van der Waals surface area contributed by atoms with E-state index in [1.54, 1.807) is 12.1 Å². The van der Waals surface area contributed by atoms with Gasteiger partial charge in [-0.05, 0) is 48.8 Å². The van der Waals surface area contributed by atoms with Gasteiger partial charge in [0.2, 0.25) is 0 Å². The maximum atomic E-state index is 12.2. The first-order valence-corrected chi connectivity index (χ1v) is 7.48. The smallest absolute Gasteiger partial charge is 0.446 e. The third-order valence-corrected chi connectivity index (χ3v) is 4.18. The number of thioether (sulfide) groups is 1. The van der Waals surface area contributed by atoms with Crippen LogP contribution in [0, 0.1) is 0 Å². The third-order valence-electron chi connectivity index (χ3n) is 3.44. The number of hydrogen-bond donors (Lipinski definition) is 1. The maximum Gasteiger partial charge on any atom is 0.446 e. The Balaban J connectivity index is 2.00. The number of carboxylic acid groups (broad SMARTS) is 1. The van der Waals surface area contributed by atoms with Gasteiger partial charge in [-0.2, -0.15) is 13.2 Å². The van der Waals surface area contributed by atoms with Crippen LogP contribution in [0.5, 0.6) is 0 Å². The third kappa shape index (κ3) is 4.93. The van der Waals surface area contributed by atoms with Crippen LogP contribution in [-0.2, 0) is 11.3 Å². The Morgan fingerprint density at radius 2 is 1.95 bits per heavy atom. The molecule has 7 heteroatoms. The fourth-order valence-electron chi connectivity index (χ4n) is 2.49. The lowest BCUT2D eigenvalue weighted by Gasteiger charge is -2.32. The van der Waals surface area contributed by atoms with Gasteiger partial charge in [0.05, 0.1) is 0 Å². The van der Waals surface area contributed by atoms with E-state index in [-0.39, 0.29) is 16.7 Å². The first-order chi connectivity index (χ1) is 9.85. The standard InChI is InChI=1S/C14H16F3NO2S/c15-14(16,17)21-11-6-4-10(5-7-11)9-18-8-2-1-3-12(18)13(19)20/h4-7,12H,1-3,8-9H2,(H,19,20). The van der Waals surface area contributed by atoms with E-state index in [1.165, 1.54) is 12.1 Å². The Morgan fingerprint density at radius 1 is 1.29 bits per heavy atom. The minimum Gasteiger partial charge on any atom is -0.480 e. The second-order valence-corrected chi connectivity index (χ2v) is 6.15. The number of aliphatic carboxylic acids is 1. The Hall–Kier alpha value is -1.21. The summed E-state index contributed by atoms with van der Waals surface area (Å²) < 4.78 is 36.7. The molecule has 1 saturated heterocycles. The van der Waals surface area contributed by atoms with Gasteiger partial charge in [-0.3, -0.25) is 9.69 Å². The van der Waals surface area contributed by atoms with Gasteiger partial charge >= 0.3 is 11.5 Å². The summed E-state index contributed by atoms with van der Waals surface area (Å²) in [6.07, 6.45) is 2.47. The van der Waals surface area contributed by atoms with E-state index in [9.17, 15) is 23.1 Å². The van der Waals surface area contributed by atoms with E-state index >= 15 is 0 Å². The molecule has 2 rings (SSSR count). The van der Waals surface area contributed by atoms with Crippen molar-refractivity contribution in [3.05, 3.63) is 29.8 Å². The van der Waals surface area contributed by atoms with Crippen LogP contribution >= 0.6 is 11.8 Å². The molecule has 1 aromatic rings. The lowest BCUT2D eigenvalue weighted by Crippen LogP contribution is -2.43. The zero-order chi connectivity index (χ0) is 15.5. The lowest BCUT2D eigenvalue weighted by molar-refractivity contribution is -0.144. The second-order valence-electron chi connectivity index (χ2n) is 5.01. The topological polar surface area (TPSA) is 40.5 Å². The highest BCUT2D eigenvalue weighted by molar-refractivity contribution is 8.00. The average molecular weight is 319 g/mol. The van der Waals surface area contributed by atoms with Crippen molar-refractivity contribution in [2.24, 2.45) is 0 Å². The van der Waals surface area contributed by atoms with Gasteiger partial charge in [-0.15, -0.1) is 0 Å². The van der Waals surface area contributed by atoms with Gasteiger partial charge in [-0.1, -0.05) is 18.6 Å². The highest BCUT2D eigenvalue weighted by Crippen LogP contribution is 2.36. The summed E-state index contributed by atoms with van der Waals surface area (Å²) in [4.78, 5) is 13.2. The van der Waals surface area contributed by atoms with E-state index in [0.717, 1.165) is 18.4 Å². The van der Waals surface area contributed by atoms with Gasteiger partial charge in [0.1, 0.15) is 6.04 Å². The quantitative estimate of drug-likeness (QED) is 0.858. The molecule has 0 saturated carbocycles. The van der Waals surface area contributed by atoms with E-state index in [1.807, 2.05) is 4.90 Å². The number of rotatable bonds is 4. The van der Waals surface area contributed by atoms with Crippen LogP contribution in [0.2, 0.25) is 0 Å². The van der Waals surface area contributed by atoms with Crippen molar-refractivity contribution < 1.29 is 23.1 Å². The van der Waals surface area contributed by atoms with Crippen LogP contribution < -0.4 is 0 Å². The minimum absolute atomic E-state index is 0.139. The molecule has 1 heterocycles.